The number of carbonyl (C=O) groups excluding carboxylic acids is 1. The molecule has 1 rings (SSSR count). The average molecular weight is 221 g/mol. The van der Waals surface area contributed by atoms with Crippen LogP contribution in [0.1, 0.15) is 24.6 Å². The molecule has 4 nitrogen and oxygen atoms in total. The van der Waals surface area contributed by atoms with Crippen molar-refractivity contribution in [3.05, 3.63) is 29.6 Å². The van der Waals surface area contributed by atoms with E-state index in [0.717, 1.165) is 24.3 Å². The number of rotatable bonds is 6. The first kappa shape index (κ1) is 12.6. The van der Waals surface area contributed by atoms with Gasteiger partial charge in [-0.05, 0) is 25.1 Å². The highest BCUT2D eigenvalue weighted by Gasteiger charge is 2.02. The molecule has 88 valence electrons. The molecule has 1 amide bonds. The minimum atomic E-state index is 0.0611. The van der Waals surface area contributed by atoms with E-state index in [1.807, 2.05) is 26.0 Å². The highest BCUT2D eigenvalue weighted by molar-refractivity contribution is 5.76. The van der Waals surface area contributed by atoms with Crippen LogP contribution in [0, 0.1) is 6.92 Å². The van der Waals surface area contributed by atoms with Crippen molar-refractivity contribution in [2.45, 2.75) is 26.8 Å². The summed E-state index contributed by atoms with van der Waals surface area (Å²) in [5.41, 5.74) is 2.04. The van der Waals surface area contributed by atoms with Crippen molar-refractivity contribution in [3.8, 4) is 0 Å². The second-order valence-electron chi connectivity index (χ2n) is 3.65. The van der Waals surface area contributed by atoms with Gasteiger partial charge in [0.2, 0.25) is 5.91 Å². The minimum absolute atomic E-state index is 0.0611. The molecule has 0 spiro atoms. The second kappa shape index (κ2) is 6.95. The van der Waals surface area contributed by atoms with E-state index in [2.05, 4.69) is 15.6 Å². The molecule has 4 heteroatoms. The number of hydrogen-bond donors (Lipinski definition) is 2. The Morgan fingerprint density at radius 3 is 3.00 bits per heavy atom. The maximum absolute atomic E-state index is 11.4. The first-order valence-corrected chi connectivity index (χ1v) is 5.62. The lowest BCUT2D eigenvalue weighted by molar-refractivity contribution is -0.121. The number of nitrogens with one attached hydrogen (secondary N) is 2. The maximum atomic E-state index is 11.4. The van der Waals surface area contributed by atoms with Gasteiger partial charge >= 0.3 is 0 Å². The molecule has 2 N–H and O–H groups in total. The van der Waals surface area contributed by atoms with Crippen LogP contribution in [0.15, 0.2) is 18.3 Å². The second-order valence-corrected chi connectivity index (χ2v) is 3.65. The summed E-state index contributed by atoms with van der Waals surface area (Å²) >= 11 is 0. The lowest BCUT2D eigenvalue weighted by atomic mass is 10.2. The number of amides is 1. The summed E-state index contributed by atoms with van der Waals surface area (Å²) in [4.78, 5) is 15.6. The van der Waals surface area contributed by atoms with Gasteiger partial charge in [0.1, 0.15) is 0 Å². The van der Waals surface area contributed by atoms with E-state index < -0.39 is 0 Å². The van der Waals surface area contributed by atoms with Crippen LogP contribution in [0.3, 0.4) is 0 Å². The molecule has 0 aromatic carbocycles. The minimum Gasteiger partial charge on any atom is -0.350 e. The molecule has 1 aromatic heterocycles. The van der Waals surface area contributed by atoms with E-state index >= 15 is 0 Å². The van der Waals surface area contributed by atoms with Crippen molar-refractivity contribution in [3.63, 3.8) is 0 Å². The van der Waals surface area contributed by atoms with Gasteiger partial charge in [-0.25, -0.2) is 0 Å². The van der Waals surface area contributed by atoms with Gasteiger partial charge in [-0.2, -0.15) is 0 Å². The van der Waals surface area contributed by atoms with Crippen LogP contribution < -0.4 is 10.6 Å². The molecule has 0 fully saturated rings. The predicted molar refractivity (Wildman–Crippen MR) is 64.0 cm³/mol. The smallest absolute Gasteiger partial charge is 0.221 e. The topological polar surface area (TPSA) is 54.0 Å². The molecule has 1 aromatic rings. The molecule has 0 atom stereocenters. The third kappa shape index (κ3) is 4.40. The van der Waals surface area contributed by atoms with E-state index in [0.29, 0.717) is 13.0 Å². The standard InChI is InChI=1S/C12H19N3O/c1-3-13-8-6-12(16)15-9-11-10(2)5-4-7-14-11/h4-5,7,13H,3,6,8-9H2,1-2H3,(H,15,16). The fourth-order valence-corrected chi connectivity index (χ4v) is 1.35. The molecule has 0 aliphatic heterocycles. The Bertz CT molecular complexity index is 339. The van der Waals surface area contributed by atoms with Gasteiger partial charge < -0.3 is 10.6 Å². The summed E-state index contributed by atoms with van der Waals surface area (Å²) in [6.07, 6.45) is 2.26. The summed E-state index contributed by atoms with van der Waals surface area (Å²) in [5.74, 6) is 0.0611. The van der Waals surface area contributed by atoms with Gasteiger partial charge in [-0.15, -0.1) is 0 Å². The molecule has 0 aliphatic carbocycles. The Balaban J connectivity index is 2.29. The van der Waals surface area contributed by atoms with Crippen LogP contribution in [-0.2, 0) is 11.3 Å². The van der Waals surface area contributed by atoms with E-state index in [1.54, 1.807) is 6.20 Å². The first-order chi connectivity index (χ1) is 7.74. The van der Waals surface area contributed by atoms with Crippen LogP contribution in [0.25, 0.3) is 0 Å². The van der Waals surface area contributed by atoms with Crippen molar-refractivity contribution in [2.75, 3.05) is 13.1 Å². The van der Waals surface area contributed by atoms with E-state index in [1.165, 1.54) is 0 Å². The molecule has 0 radical (unpaired) electrons. The van der Waals surface area contributed by atoms with Crippen LogP contribution in [0.4, 0.5) is 0 Å². The zero-order chi connectivity index (χ0) is 11.8. The average Bonchev–Trinajstić information content (AvgIpc) is 2.28. The predicted octanol–water partition coefficient (Wildman–Crippen LogP) is 1.01. The van der Waals surface area contributed by atoms with Gasteiger partial charge in [-0.3, -0.25) is 9.78 Å². The molecule has 16 heavy (non-hydrogen) atoms. The van der Waals surface area contributed by atoms with Crippen molar-refractivity contribution in [2.24, 2.45) is 0 Å². The third-order valence-corrected chi connectivity index (χ3v) is 2.35. The molecular weight excluding hydrogens is 202 g/mol. The van der Waals surface area contributed by atoms with E-state index in [4.69, 9.17) is 0 Å². The Labute approximate surface area is 96.5 Å². The Hall–Kier alpha value is -1.42. The van der Waals surface area contributed by atoms with Crippen molar-refractivity contribution < 1.29 is 4.79 Å². The summed E-state index contributed by atoms with van der Waals surface area (Å²) in [6, 6.07) is 3.89. The summed E-state index contributed by atoms with van der Waals surface area (Å²) in [6.45, 7) is 6.15. The lowest BCUT2D eigenvalue weighted by Gasteiger charge is -2.06. The SMILES string of the molecule is CCNCCC(=O)NCc1ncccc1C. The first-order valence-electron chi connectivity index (χ1n) is 5.62. The molecule has 0 saturated heterocycles. The Kier molecular flexibility index (Phi) is 5.50. The lowest BCUT2D eigenvalue weighted by Crippen LogP contribution is -2.27. The summed E-state index contributed by atoms with van der Waals surface area (Å²) in [5, 5.41) is 5.97. The van der Waals surface area contributed by atoms with Gasteiger partial charge in [0.05, 0.1) is 12.2 Å². The molecule has 0 bridgehead atoms. The zero-order valence-electron chi connectivity index (χ0n) is 9.92. The quantitative estimate of drug-likeness (QED) is 0.705. The number of aromatic nitrogens is 1. The monoisotopic (exact) mass is 221 g/mol. The highest BCUT2D eigenvalue weighted by Crippen LogP contribution is 2.01. The van der Waals surface area contributed by atoms with Crippen LogP contribution in [0.2, 0.25) is 0 Å². The van der Waals surface area contributed by atoms with Gasteiger partial charge in [-0.1, -0.05) is 13.0 Å². The molecule has 0 saturated carbocycles. The van der Waals surface area contributed by atoms with Crippen LogP contribution in [-0.4, -0.2) is 24.0 Å². The fraction of sp³-hybridized carbons (Fsp3) is 0.500. The molecule has 1 heterocycles. The third-order valence-electron chi connectivity index (χ3n) is 2.35. The normalized spacial score (nSPS) is 10.1. The van der Waals surface area contributed by atoms with E-state index in [9.17, 15) is 4.79 Å². The van der Waals surface area contributed by atoms with Gasteiger partial charge in [0.15, 0.2) is 0 Å². The molecule has 0 unspecified atom stereocenters. The highest BCUT2D eigenvalue weighted by atomic mass is 16.1. The van der Waals surface area contributed by atoms with Crippen LogP contribution >= 0.6 is 0 Å². The largest absolute Gasteiger partial charge is 0.350 e. The van der Waals surface area contributed by atoms with Crippen LogP contribution in [0.5, 0.6) is 0 Å². The summed E-state index contributed by atoms with van der Waals surface area (Å²) in [7, 11) is 0. The zero-order valence-corrected chi connectivity index (χ0v) is 9.92. The molecule has 0 aliphatic rings. The fourth-order valence-electron chi connectivity index (χ4n) is 1.35. The number of nitrogens with zero attached hydrogens (tertiary/aromatic N) is 1. The van der Waals surface area contributed by atoms with Gasteiger partial charge in [0.25, 0.3) is 0 Å². The maximum Gasteiger partial charge on any atom is 0.221 e. The van der Waals surface area contributed by atoms with Crippen molar-refractivity contribution in [1.82, 2.24) is 15.6 Å². The van der Waals surface area contributed by atoms with Gasteiger partial charge in [0, 0.05) is 19.2 Å². The van der Waals surface area contributed by atoms with E-state index in [-0.39, 0.29) is 5.91 Å². The van der Waals surface area contributed by atoms with Crippen molar-refractivity contribution >= 4 is 5.91 Å². The Morgan fingerprint density at radius 1 is 1.50 bits per heavy atom. The number of hydrogen-bond acceptors (Lipinski definition) is 3. The number of carbonyl (C=O) groups is 1. The Morgan fingerprint density at radius 2 is 2.31 bits per heavy atom. The summed E-state index contributed by atoms with van der Waals surface area (Å²) < 4.78 is 0. The number of pyridine rings is 1. The van der Waals surface area contributed by atoms with Crippen molar-refractivity contribution in [1.29, 1.82) is 0 Å². The molecular formula is C12H19N3O. The number of aryl methyl sites for hydroxylation is 1.